The number of carbonyl (C=O) groups is 1. The van der Waals surface area contributed by atoms with Crippen LogP contribution in [0.1, 0.15) is 59.3 Å². The Morgan fingerprint density at radius 2 is 1.72 bits per heavy atom. The maximum absolute atomic E-state index is 12.2. The Kier molecular flexibility index (Phi) is 3.82. The molecule has 0 bridgehead atoms. The number of rotatable bonds is 1. The van der Waals surface area contributed by atoms with Crippen LogP contribution in [-0.2, 0) is 4.79 Å². The third-order valence-electron chi connectivity index (χ3n) is 8.92. The molecule has 4 rings (SSSR count). The lowest BCUT2D eigenvalue weighted by Crippen LogP contribution is -2.60. The van der Waals surface area contributed by atoms with Gasteiger partial charge in [-0.05, 0) is 74.5 Å². The molecule has 4 aliphatic rings. The molecule has 9 atom stereocenters. The highest BCUT2D eigenvalue weighted by molar-refractivity contribution is 5.86. The minimum atomic E-state index is -1.20. The summed E-state index contributed by atoms with van der Waals surface area (Å²) in [6.45, 7) is 5.87. The number of Topliss-reactive ketones (excluding diaryl/α,β-unsaturated/α-hetero) is 1. The molecule has 25 heavy (non-hydrogen) atoms. The quantitative estimate of drug-likeness (QED) is 0.636. The Balaban J connectivity index is 1.72. The molecule has 0 aliphatic heterocycles. The van der Waals surface area contributed by atoms with Crippen molar-refractivity contribution in [1.82, 2.24) is 0 Å². The van der Waals surface area contributed by atoms with Crippen LogP contribution in [0, 0.1) is 34.5 Å². The number of hydrogen-bond donors (Lipinski definition) is 3. The van der Waals surface area contributed by atoms with Crippen LogP contribution in [0.2, 0.25) is 0 Å². The second kappa shape index (κ2) is 5.40. The van der Waals surface area contributed by atoms with Gasteiger partial charge in [-0.15, -0.1) is 0 Å². The van der Waals surface area contributed by atoms with Crippen LogP contribution in [0.4, 0.5) is 0 Å². The second-order valence-corrected chi connectivity index (χ2v) is 9.73. The molecule has 0 spiro atoms. The minimum absolute atomic E-state index is 0.0974. The number of carbonyl (C=O) groups excluding carboxylic acids is 1. The molecule has 3 saturated carbocycles. The fourth-order valence-electron chi connectivity index (χ4n) is 7.43. The van der Waals surface area contributed by atoms with E-state index in [1.165, 1.54) is 6.92 Å². The summed E-state index contributed by atoms with van der Waals surface area (Å²) in [6.07, 6.45) is 7.82. The normalized spacial score (nSPS) is 57.5. The van der Waals surface area contributed by atoms with Crippen LogP contribution in [0.25, 0.3) is 0 Å². The summed E-state index contributed by atoms with van der Waals surface area (Å²) in [4.78, 5) is 12.2. The third-order valence-corrected chi connectivity index (χ3v) is 8.92. The minimum Gasteiger partial charge on any atom is -0.393 e. The first-order valence-corrected chi connectivity index (χ1v) is 9.92. The van der Waals surface area contributed by atoms with Gasteiger partial charge in [-0.2, -0.15) is 0 Å². The summed E-state index contributed by atoms with van der Waals surface area (Å²) in [7, 11) is 0. The number of aliphatic hydroxyl groups excluding tert-OH is 2. The zero-order chi connectivity index (χ0) is 18.2. The molecule has 0 radical (unpaired) electrons. The van der Waals surface area contributed by atoms with Gasteiger partial charge in [0, 0.05) is 5.41 Å². The molecule has 3 fully saturated rings. The Morgan fingerprint density at radius 3 is 2.40 bits per heavy atom. The van der Waals surface area contributed by atoms with Crippen molar-refractivity contribution in [3.8, 4) is 0 Å². The number of ketones is 1. The highest BCUT2D eigenvalue weighted by atomic mass is 16.3. The average molecular weight is 348 g/mol. The monoisotopic (exact) mass is 348 g/mol. The smallest absolute Gasteiger partial charge is 0.161 e. The molecule has 140 valence electrons. The van der Waals surface area contributed by atoms with Gasteiger partial charge in [0.15, 0.2) is 5.78 Å². The number of fused-ring (bicyclic) bond motifs is 5. The molecule has 4 aliphatic carbocycles. The molecule has 0 saturated heterocycles. The van der Waals surface area contributed by atoms with Gasteiger partial charge in [0.05, 0.1) is 12.2 Å². The zero-order valence-corrected chi connectivity index (χ0v) is 15.6. The first kappa shape index (κ1) is 17.7. The van der Waals surface area contributed by atoms with E-state index in [-0.39, 0.29) is 28.4 Å². The van der Waals surface area contributed by atoms with Crippen molar-refractivity contribution in [3.63, 3.8) is 0 Å². The second-order valence-electron chi connectivity index (χ2n) is 9.73. The number of aliphatic hydroxyl groups is 3. The SMILES string of the molecule is CC(=O)[C@@]1(O)CC[C@H]2[C@@H]3CC(O)C4CC(O)C=C[C@]4(C)[C@H]3CC[C@@]21C. The van der Waals surface area contributed by atoms with Gasteiger partial charge in [-0.25, -0.2) is 0 Å². The van der Waals surface area contributed by atoms with E-state index >= 15 is 0 Å². The van der Waals surface area contributed by atoms with Gasteiger partial charge >= 0.3 is 0 Å². The van der Waals surface area contributed by atoms with Crippen molar-refractivity contribution in [2.24, 2.45) is 34.5 Å². The molecule has 0 amide bonds. The zero-order valence-electron chi connectivity index (χ0n) is 15.6. The fraction of sp³-hybridized carbons (Fsp3) is 0.857. The summed E-state index contributed by atoms with van der Waals surface area (Å²) < 4.78 is 0. The van der Waals surface area contributed by atoms with E-state index in [4.69, 9.17) is 0 Å². The molecule has 0 aromatic rings. The predicted molar refractivity (Wildman–Crippen MR) is 94.7 cm³/mol. The Bertz CT molecular complexity index is 615. The molecule has 4 nitrogen and oxygen atoms in total. The van der Waals surface area contributed by atoms with Crippen LogP contribution in [0.5, 0.6) is 0 Å². The molecule has 0 aromatic heterocycles. The maximum Gasteiger partial charge on any atom is 0.161 e. The Hall–Kier alpha value is -0.710. The van der Waals surface area contributed by atoms with E-state index in [0.717, 1.165) is 25.7 Å². The van der Waals surface area contributed by atoms with E-state index in [1.54, 1.807) is 0 Å². The van der Waals surface area contributed by atoms with Crippen molar-refractivity contribution >= 4 is 5.78 Å². The molecular weight excluding hydrogens is 316 g/mol. The van der Waals surface area contributed by atoms with Crippen molar-refractivity contribution < 1.29 is 20.1 Å². The van der Waals surface area contributed by atoms with Gasteiger partial charge in [-0.1, -0.05) is 26.0 Å². The Morgan fingerprint density at radius 1 is 1.04 bits per heavy atom. The van der Waals surface area contributed by atoms with E-state index in [0.29, 0.717) is 24.7 Å². The summed E-state index contributed by atoms with van der Waals surface area (Å²) in [5.74, 6) is 1.08. The first-order valence-electron chi connectivity index (χ1n) is 9.92. The molecule has 0 aromatic carbocycles. The molecule has 3 N–H and O–H groups in total. The average Bonchev–Trinajstić information content (AvgIpc) is 2.83. The van der Waals surface area contributed by atoms with E-state index in [9.17, 15) is 20.1 Å². The lowest BCUT2D eigenvalue weighted by molar-refractivity contribution is -0.173. The molecule has 3 unspecified atom stereocenters. The Labute approximate surface area is 150 Å². The molecule has 4 heteroatoms. The van der Waals surface area contributed by atoms with Crippen LogP contribution in [-0.4, -0.2) is 38.9 Å². The lowest BCUT2D eigenvalue weighted by atomic mass is 9.45. The predicted octanol–water partition coefficient (Wildman–Crippen LogP) is 2.46. The summed E-state index contributed by atoms with van der Waals surface area (Å²) in [5, 5.41) is 32.1. The van der Waals surface area contributed by atoms with Crippen molar-refractivity contribution in [3.05, 3.63) is 12.2 Å². The van der Waals surface area contributed by atoms with Gasteiger partial charge in [0.2, 0.25) is 0 Å². The van der Waals surface area contributed by atoms with Crippen molar-refractivity contribution in [2.75, 3.05) is 0 Å². The van der Waals surface area contributed by atoms with Crippen LogP contribution >= 0.6 is 0 Å². The first-order chi connectivity index (χ1) is 11.6. The van der Waals surface area contributed by atoms with E-state index in [2.05, 4.69) is 19.9 Å². The van der Waals surface area contributed by atoms with Crippen molar-refractivity contribution in [1.29, 1.82) is 0 Å². The van der Waals surface area contributed by atoms with Crippen LogP contribution < -0.4 is 0 Å². The summed E-state index contributed by atoms with van der Waals surface area (Å²) in [5.41, 5.74) is -1.68. The van der Waals surface area contributed by atoms with Gasteiger partial charge < -0.3 is 15.3 Å². The highest BCUT2D eigenvalue weighted by Crippen LogP contribution is 2.67. The maximum atomic E-state index is 12.2. The lowest BCUT2D eigenvalue weighted by Gasteiger charge is -2.61. The largest absolute Gasteiger partial charge is 0.393 e. The fourth-order valence-corrected chi connectivity index (χ4v) is 7.43. The summed E-state index contributed by atoms with van der Waals surface area (Å²) >= 11 is 0. The van der Waals surface area contributed by atoms with Gasteiger partial charge in [0.25, 0.3) is 0 Å². The topological polar surface area (TPSA) is 77.8 Å². The number of hydrogen-bond acceptors (Lipinski definition) is 4. The van der Waals surface area contributed by atoms with E-state index in [1.807, 2.05) is 6.08 Å². The highest BCUT2D eigenvalue weighted by Gasteiger charge is 2.66. The molecular formula is C21H32O4. The van der Waals surface area contributed by atoms with Gasteiger partial charge in [-0.3, -0.25) is 4.79 Å². The van der Waals surface area contributed by atoms with Crippen LogP contribution in [0.15, 0.2) is 12.2 Å². The van der Waals surface area contributed by atoms with Crippen LogP contribution in [0.3, 0.4) is 0 Å². The number of allylic oxidation sites excluding steroid dienone is 1. The van der Waals surface area contributed by atoms with Crippen molar-refractivity contribution in [2.45, 2.75) is 77.1 Å². The van der Waals surface area contributed by atoms with E-state index < -0.39 is 17.8 Å². The molecule has 0 heterocycles. The van der Waals surface area contributed by atoms with Gasteiger partial charge in [0.1, 0.15) is 5.60 Å². The standard InChI is InChI=1S/C21H32O4/c1-12(22)21(25)9-6-16-14-11-18(24)17-10-13(23)4-7-19(17,2)15(14)5-8-20(16,21)3/h4,7,13-18,23-25H,5-6,8-11H2,1-3H3/t13?,14-,15+,16+,17?,18?,19-,20+,21+/m1/s1. The summed E-state index contributed by atoms with van der Waals surface area (Å²) in [6, 6.07) is 0. The third kappa shape index (κ3) is 2.14.